The summed E-state index contributed by atoms with van der Waals surface area (Å²) in [6, 6.07) is 14.5. The Labute approximate surface area is 179 Å². The summed E-state index contributed by atoms with van der Waals surface area (Å²) in [5, 5.41) is 2.96. The first-order valence-corrected chi connectivity index (χ1v) is 10.3. The molecule has 0 aliphatic carbocycles. The molecule has 0 radical (unpaired) electrons. The van der Waals surface area contributed by atoms with Gasteiger partial charge in [-0.15, -0.1) is 0 Å². The van der Waals surface area contributed by atoms with Crippen molar-refractivity contribution in [3.63, 3.8) is 0 Å². The molecule has 0 aliphatic rings. The van der Waals surface area contributed by atoms with E-state index in [1.165, 1.54) is 0 Å². The molecule has 2 aromatic carbocycles. The lowest BCUT2D eigenvalue weighted by Crippen LogP contribution is -2.50. The van der Waals surface area contributed by atoms with Crippen LogP contribution in [0.2, 0.25) is 0 Å². The number of carbonyl (C=O) groups is 2. The fraction of sp³-hybridized carbons (Fsp3) is 0.417. The number of ether oxygens (including phenoxy) is 2. The molecule has 0 fully saturated rings. The Morgan fingerprint density at radius 3 is 2.27 bits per heavy atom. The molecule has 0 saturated carbocycles. The summed E-state index contributed by atoms with van der Waals surface area (Å²) in [4.78, 5) is 27.3. The molecule has 2 atom stereocenters. The number of methoxy groups -OCH3 is 1. The molecule has 30 heavy (non-hydrogen) atoms. The SMILES string of the molecule is CC[C@@H](C)NC(=O)[C@H](C)N(Cc1ccc(C)cc1)C(=O)COc1ccccc1OC. The minimum Gasteiger partial charge on any atom is -0.493 e. The van der Waals surface area contributed by atoms with Gasteiger partial charge in [-0.1, -0.05) is 48.9 Å². The zero-order valence-corrected chi connectivity index (χ0v) is 18.5. The van der Waals surface area contributed by atoms with E-state index in [0.717, 1.165) is 17.5 Å². The highest BCUT2D eigenvalue weighted by atomic mass is 16.5. The molecule has 0 aliphatic heterocycles. The monoisotopic (exact) mass is 412 g/mol. The lowest BCUT2D eigenvalue weighted by Gasteiger charge is -2.29. The van der Waals surface area contributed by atoms with Crippen LogP contribution >= 0.6 is 0 Å². The molecule has 0 saturated heterocycles. The Kier molecular flexibility index (Phi) is 8.71. The minimum absolute atomic E-state index is 0.0427. The van der Waals surface area contributed by atoms with Gasteiger partial charge in [-0.25, -0.2) is 0 Å². The van der Waals surface area contributed by atoms with Crippen LogP contribution in [0.1, 0.15) is 38.3 Å². The van der Waals surface area contributed by atoms with E-state index < -0.39 is 6.04 Å². The van der Waals surface area contributed by atoms with E-state index in [1.807, 2.05) is 57.2 Å². The van der Waals surface area contributed by atoms with Crippen molar-refractivity contribution in [1.82, 2.24) is 10.2 Å². The van der Waals surface area contributed by atoms with E-state index in [2.05, 4.69) is 5.32 Å². The lowest BCUT2D eigenvalue weighted by atomic mass is 10.1. The van der Waals surface area contributed by atoms with E-state index in [9.17, 15) is 9.59 Å². The number of hydrogen-bond acceptors (Lipinski definition) is 4. The molecule has 6 nitrogen and oxygen atoms in total. The molecular formula is C24H32N2O4. The van der Waals surface area contributed by atoms with Crippen LogP contribution in [0.25, 0.3) is 0 Å². The average Bonchev–Trinajstić information content (AvgIpc) is 2.76. The van der Waals surface area contributed by atoms with Gasteiger partial charge in [0.15, 0.2) is 18.1 Å². The maximum Gasteiger partial charge on any atom is 0.261 e. The van der Waals surface area contributed by atoms with Gasteiger partial charge in [0.05, 0.1) is 7.11 Å². The third kappa shape index (κ3) is 6.51. The van der Waals surface area contributed by atoms with Gasteiger partial charge >= 0.3 is 0 Å². The number of amides is 2. The van der Waals surface area contributed by atoms with Crippen molar-refractivity contribution >= 4 is 11.8 Å². The number of nitrogens with one attached hydrogen (secondary N) is 1. The van der Waals surface area contributed by atoms with Crippen molar-refractivity contribution in [2.24, 2.45) is 0 Å². The van der Waals surface area contributed by atoms with Gasteiger partial charge in [0.1, 0.15) is 6.04 Å². The largest absolute Gasteiger partial charge is 0.493 e. The Balaban J connectivity index is 2.17. The summed E-state index contributed by atoms with van der Waals surface area (Å²) >= 11 is 0. The van der Waals surface area contributed by atoms with E-state index in [1.54, 1.807) is 31.1 Å². The van der Waals surface area contributed by atoms with Crippen LogP contribution in [0, 0.1) is 6.92 Å². The molecule has 0 unspecified atom stereocenters. The summed E-state index contributed by atoms with van der Waals surface area (Å²) in [5.74, 6) is 0.591. The molecular weight excluding hydrogens is 380 g/mol. The van der Waals surface area contributed by atoms with Crippen LogP contribution in [0.5, 0.6) is 11.5 Å². The molecule has 0 bridgehead atoms. The molecule has 6 heteroatoms. The number of rotatable bonds is 10. The fourth-order valence-corrected chi connectivity index (χ4v) is 2.90. The Hall–Kier alpha value is -3.02. The van der Waals surface area contributed by atoms with Crippen LogP contribution < -0.4 is 14.8 Å². The molecule has 0 aromatic heterocycles. The van der Waals surface area contributed by atoms with Crippen molar-refractivity contribution in [2.75, 3.05) is 13.7 Å². The molecule has 1 N–H and O–H groups in total. The number of hydrogen-bond donors (Lipinski definition) is 1. The summed E-state index contributed by atoms with van der Waals surface area (Å²) in [5.41, 5.74) is 2.09. The van der Waals surface area contributed by atoms with Gasteiger partial charge in [0.2, 0.25) is 5.91 Å². The summed E-state index contributed by atoms with van der Waals surface area (Å²) in [7, 11) is 1.55. The third-order valence-corrected chi connectivity index (χ3v) is 5.06. The highest BCUT2D eigenvalue weighted by molar-refractivity contribution is 5.88. The van der Waals surface area contributed by atoms with Crippen LogP contribution in [0.3, 0.4) is 0 Å². The molecule has 2 rings (SSSR count). The highest BCUT2D eigenvalue weighted by Crippen LogP contribution is 2.25. The lowest BCUT2D eigenvalue weighted by molar-refractivity contribution is -0.142. The zero-order chi connectivity index (χ0) is 22.1. The van der Waals surface area contributed by atoms with Crippen molar-refractivity contribution in [3.8, 4) is 11.5 Å². The summed E-state index contributed by atoms with van der Waals surface area (Å²) in [6.07, 6.45) is 0.821. The maximum absolute atomic E-state index is 13.1. The van der Waals surface area contributed by atoms with Crippen molar-refractivity contribution in [1.29, 1.82) is 0 Å². The average molecular weight is 413 g/mol. The molecule has 2 amide bonds. The number of benzene rings is 2. The molecule has 0 spiro atoms. The second-order valence-corrected chi connectivity index (χ2v) is 7.44. The van der Waals surface area contributed by atoms with Crippen LogP contribution in [0.4, 0.5) is 0 Å². The highest BCUT2D eigenvalue weighted by Gasteiger charge is 2.27. The second-order valence-electron chi connectivity index (χ2n) is 7.44. The van der Waals surface area contributed by atoms with Crippen molar-refractivity contribution in [3.05, 3.63) is 59.7 Å². The summed E-state index contributed by atoms with van der Waals surface area (Å²) < 4.78 is 11.0. The van der Waals surface area contributed by atoms with Crippen LogP contribution in [-0.4, -0.2) is 42.5 Å². The standard InChI is InChI=1S/C24H32N2O4/c1-6-18(3)25-24(28)19(4)26(15-20-13-11-17(2)12-14-20)23(27)16-30-22-10-8-7-9-21(22)29-5/h7-14,18-19H,6,15-16H2,1-5H3,(H,25,28)/t18-,19+/m1/s1. The predicted octanol–water partition coefficient (Wildman–Crippen LogP) is 3.71. The zero-order valence-electron chi connectivity index (χ0n) is 18.5. The van der Waals surface area contributed by atoms with E-state index in [-0.39, 0.29) is 24.5 Å². The quantitative estimate of drug-likeness (QED) is 0.646. The summed E-state index contributed by atoms with van der Waals surface area (Å²) in [6.45, 7) is 7.84. The maximum atomic E-state index is 13.1. The fourth-order valence-electron chi connectivity index (χ4n) is 2.90. The number of nitrogens with zero attached hydrogens (tertiary/aromatic N) is 1. The normalized spacial score (nSPS) is 12.6. The van der Waals surface area contributed by atoms with E-state index >= 15 is 0 Å². The van der Waals surface area contributed by atoms with Gasteiger partial charge in [-0.2, -0.15) is 0 Å². The first kappa shape index (κ1) is 23.3. The predicted molar refractivity (Wildman–Crippen MR) is 118 cm³/mol. The molecule has 0 heterocycles. The Bertz CT molecular complexity index is 835. The van der Waals surface area contributed by atoms with Gasteiger partial charge in [-0.05, 0) is 44.9 Å². The van der Waals surface area contributed by atoms with Gasteiger partial charge in [-0.3, -0.25) is 9.59 Å². The van der Waals surface area contributed by atoms with Crippen molar-refractivity contribution in [2.45, 2.75) is 52.7 Å². The number of aryl methyl sites for hydroxylation is 1. The number of para-hydroxylation sites is 2. The van der Waals surface area contributed by atoms with Gasteiger partial charge in [0.25, 0.3) is 5.91 Å². The first-order chi connectivity index (χ1) is 14.3. The smallest absolute Gasteiger partial charge is 0.261 e. The van der Waals surface area contributed by atoms with E-state index in [0.29, 0.717) is 18.0 Å². The van der Waals surface area contributed by atoms with Gasteiger partial charge < -0.3 is 19.7 Å². The number of carbonyl (C=O) groups excluding carboxylic acids is 2. The second kappa shape index (κ2) is 11.2. The topological polar surface area (TPSA) is 67.9 Å². The van der Waals surface area contributed by atoms with Gasteiger partial charge in [0, 0.05) is 12.6 Å². The Morgan fingerprint density at radius 1 is 1.03 bits per heavy atom. The van der Waals surface area contributed by atoms with Crippen LogP contribution in [-0.2, 0) is 16.1 Å². The van der Waals surface area contributed by atoms with Crippen LogP contribution in [0.15, 0.2) is 48.5 Å². The third-order valence-electron chi connectivity index (χ3n) is 5.06. The first-order valence-electron chi connectivity index (χ1n) is 10.3. The van der Waals surface area contributed by atoms with E-state index in [4.69, 9.17) is 9.47 Å². The molecule has 162 valence electrons. The minimum atomic E-state index is -0.630. The Morgan fingerprint density at radius 2 is 1.67 bits per heavy atom. The van der Waals surface area contributed by atoms with Crippen molar-refractivity contribution < 1.29 is 19.1 Å². The molecule has 2 aromatic rings.